The van der Waals surface area contributed by atoms with Crippen molar-refractivity contribution >= 4 is 23.5 Å². The molecule has 3 unspecified atom stereocenters. The Kier molecular flexibility index (Phi) is 8.12. The number of aliphatic hydroxyl groups excluding tert-OH is 2. The minimum atomic E-state index is -4.61. The second kappa shape index (κ2) is 9.47. The lowest BCUT2D eigenvalue weighted by Crippen LogP contribution is -2.38. The van der Waals surface area contributed by atoms with Crippen LogP contribution in [0, 0.1) is 0 Å². The third-order valence-electron chi connectivity index (χ3n) is 4.09. The Morgan fingerprint density at radius 3 is 2.12 bits per heavy atom. The maximum Gasteiger partial charge on any atom is 0.472 e. The molecule has 0 aromatic carbocycles. The van der Waals surface area contributed by atoms with E-state index < -0.39 is 63.1 Å². The van der Waals surface area contributed by atoms with Crippen molar-refractivity contribution in [3.8, 4) is 0 Å². The van der Waals surface area contributed by atoms with E-state index in [2.05, 4.69) is 0 Å². The van der Waals surface area contributed by atoms with E-state index in [0.717, 1.165) is 0 Å². The summed E-state index contributed by atoms with van der Waals surface area (Å²) in [6.45, 7) is 1.57. The largest absolute Gasteiger partial charge is 0.472 e. The molecule has 3 N–H and O–H groups in total. The molecule has 0 bridgehead atoms. The summed E-state index contributed by atoms with van der Waals surface area (Å²) in [6, 6.07) is -2.10. The summed E-state index contributed by atoms with van der Waals surface area (Å²) in [5, 5.41) is 19.9. The van der Waals surface area contributed by atoms with E-state index in [9.17, 15) is 19.7 Å². The predicted molar refractivity (Wildman–Crippen MR) is 88.8 cm³/mol. The van der Waals surface area contributed by atoms with Crippen LogP contribution in [0.2, 0.25) is 0 Å². The van der Waals surface area contributed by atoms with Gasteiger partial charge in [-0.3, -0.25) is 9.05 Å². The molecule has 0 aliphatic carbocycles. The zero-order valence-electron chi connectivity index (χ0n) is 14.5. The predicted octanol–water partition coefficient (Wildman–Crippen LogP) is -1.95. The van der Waals surface area contributed by atoms with Crippen molar-refractivity contribution in [2.45, 2.75) is 55.6 Å². The molecule has 0 spiro atoms. The second-order valence-electron chi connectivity index (χ2n) is 5.97. The summed E-state index contributed by atoms with van der Waals surface area (Å²) in [5.74, 6) is 0. The van der Waals surface area contributed by atoms with E-state index in [4.69, 9.17) is 43.7 Å². The van der Waals surface area contributed by atoms with Crippen LogP contribution in [-0.2, 0) is 32.6 Å². The molecule has 9 atom stereocenters. The first-order chi connectivity index (χ1) is 12.2. The van der Waals surface area contributed by atoms with Crippen LogP contribution in [-0.4, -0.2) is 106 Å². The van der Waals surface area contributed by atoms with Crippen LogP contribution in [0.15, 0.2) is 0 Å². The first kappa shape index (κ1) is 22.3. The van der Waals surface area contributed by atoms with Gasteiger partial charge in [-0.25, -0.2) is 4.57 Å². The highest BCUT2D eigenvalue weighted by molar-refractivity contribution is 7.47. The van der Waals surface area contributed by atoms with Gasteiger partial charge in [-0.2, -0.15) is 0 Å². The molecule has 2 aliphatic rings. The van der Waals surface area contributed by atoms with Crippen LogP contribution < -0.4 is 0 Å². The van der Waals surface area contributed by atoms with Crippen LogP contribution in [0.5, 0.6) is 0 Å². The normalized spacial score (nSPS) is 42.8. The van der Waals surface area contributed by atoms with Crippen LogP contribution in [0.3, 0.4) is 0 Å². The Hall–Kier alpha value is -0.000130. The number of phosphoric acid groups is 1. The topological polar surface area (TPSA) is 133 Å². The molecule has 146 valence electrons. The van der Waals surface area contributed by atoms with Gasteiger partial charge >= 0.3 is 7.82 Å². The van der Waals surface area contributed by atoms with Crippen molar-refractivity contribution < 1.29 is 47.7 Å². The molecule has 2 heterocycles. The monoisotopic (exact) mass is 392 g/mol. The molecule has 26 heavy (non-hydrogen) atoms. The van der Waals surface area contributed by atoms with Gasteiger partial charge in [0.1, 0.15) is 52.3 Å². The molecule has 0 amide bonds. The molecule has 13 heteroatoms. The third kappa shape index (κ3) is 5.29. The van der Waals surface area contributed by atoms with Crippen molar-refractivity contribution in [3.05, 3.63) is 0 Å². The molecular weight excluding hydrogens is 369 g/mol. The zero-order chi connectivity index (χ0) is 19.5. The SMILES string of the molecule is [B][C@@H]1O[C@H](COP(=O)(O)OC2[C@@H](COC)O[C@@H]([B])[C@H]2O)C(OCC)[C@@H]1O. The van der Waals surface area contributed by atoms with Gasteiger partial charge in [-0.15, -0.1) is 0 Å². The van der Waals surface area contributed by atoms with E-state index in [0.29, 0.717) is 0 Å². The Balaban J connectivity index is 1.94. The highest BCUT2D eigenvalue weighted by Crippen LogP contribution is 2.47. The molecule has 2 rings (SSSR count). The van der Waals surface area contributed by atoms with Gasteiger partial charge in [0.25, 0.3) is 0 Å². The van der Waals surface area contributed by atoms with Gasteiger partial charge in [-0.1, -0.05) is 0 Å². The molecule has 2 saturated heterocycles. The van der Waals surface area contributed by atoms with Gasteiger partial charge in [0.2, 0.25) is 0 Å². The number of hydrogen-bond donors (Lipinski definition) is 3. The minimum absolute atomic E-state index is 0.00533. The van der Waals surface area contributed by atoms with Crippen molar-refractivity contribution in [1.29, 1.82) is 0 Å². The average Bonchev–Trinajstić information content (AvgIpc) is 2.98. The van der Waals surface area contributed by atoms with Crippen LogP contribution in [0.1, 0.15) is 6.92 Å². The van der Waals surface area contributed by atoms with Crippen LogP contribution >= 0.6 is 7.82 Å². The molecule has 0 saturated carbocycles. The number of hydrogen-bond acceptors (Lipinski definition) is 9. The molecule has 0 aromatic rings. The van der Waals surface area contributed by atoms with E-state index in [1.165, 1.54) is 7.11 Å². The smallest absolute Gasteiger partial charge is 0.388 e. The minimum Gasteiger partial charge on any atom is -0.388 e. The molecule has 2 aliphatic heterocycles. The highest BCUT2D eigenvalue weighted by Gasteiger charge is 2.47. The maximum absolute atomic E-state index is 12.2. The number of phosphoric ester groups is 1. The number of aliphatic hydroxyl groups is 2. The van der Waals surface area contributed by atoms with Crippen molar-refractivity contribution in [2.24, 2.45) is 0 Å². The van der Waals surface area contributed by atoms with Gasteiger partial charge in [0.05, 0.1) is 13.2 Å². The lowest BCUT2D eigenvalue weighted by molar-refractivity contribution is -0.0561. The summed E-state index contributed by atoms with van der Waals surface area (Å²) < 4.78 is 42.9. The summed E-state index contributed by atoms with van der Waals surface area (Å²) in [5.41, 5.74) is 0. The van der Waals surface area contributed by atoms with E-state index in [1.807, 2.05) is 0 Å². The van der Waals surface area contributed by atoms with Crippen LogP contribution in [0.25, 0.3) is 0 Å². The fourth-order valence-electron chi connectivity index (χ4n) is 2.85. The first-order valence-corrected chi connectivity index (χ1v) is 9.64. The summed E-state index contributed by atoms with van der Waals surface area (Å²) in [7, 11) is 7.94. The number of ether oxygens (including phenoxy) is 4. The fraction of sp³-hybridized carbons (Fsp3) is 1.00. The van der Waals surface area contributed by atoms with E-state index in [1.54, 1.807) is 6.92 Å². The Bertz CT molecular complexity index is 500. The maximum atomic E-state index is 12.2. The van der Waals surface area contributed by atoms with E-state index >= 15 is 0 Å². The Morgan fingerprint density at radius 1 is 1.04 bits per heavy atom. The standard InChI is InChI=1S/C13H23B2O10P/c1-3-21-10-7(24-12(14)8(10)16)5-22-26(18,19)25-11-6(4-20-2)23-13(15)9(11)17/h6-13,16-17H,3-5H2,1-2H3,(H,18,19)/t6-,7-,8+,9+,10?,11?,12-,13-/m1/s1. The lowest BCUT2D eigenvalue weighted by atomic mass is 9.93. The number of methoxy groups -OCH3 is 1. The van der Waals surface area contributed by atoms with Crippen molar-refractivity contribution in [3.63, 3.8) is 0 Å². The van der Waals surface area contributed by atoms with Gasteiger partial charge in [0.15, 0.2) is 0 Å². The van der Waals surface area contributed by atoms with Crippen molar-refractivity contribution in [1.82, 2.24) is 0 Å². The number of rotatable bonds is 9. The Labute approximate surface area is 154 Å². The molecule has 10 nitrogen and oxygen atoms in total. The summed E-state index contributed by atoms with van der Waals surface area (Å²) in [4.78, 5) is 9.95. The van der Waals surface area contributed by atoms with Gasteiger partial charge in [0, 0.05) is 25.7 Å². The van der Waals surface area contributed by atoms with E-state index in [-0.39, 0.29) is 13.2 Å². The van der Waals surface area contributed by atoms with Crippen molar-refractivity contribution in [2.75, 3.05) is 26.9 Å². The average molecular weight is 392 g/mol. The zero-order valence-corrected chi connectivity index (χ0v) is 15.4. The highest BCUT2D eigenvalue weighted by atomic mass is 31.2. The molecule has 2 fully saturated rings. The quantitative estimate of drug-likeness (QED) is 0.300. The van der Waals surface area contributed by atoms with Crippen LogP contribution in [0.4, 0.5) is 0 Å². The fourth-order valence-corrected chi connectivity index (χ4v) is 3.81. The first-order valence-electron chi connectivity index (χ1n) is 8.14. The second-order valence-corrected chi connectivity index (χ2v) is 7.38. The summed E-state index contributed by atoms with van der Waals surface area (Å²) in [6.07, 6.45) is -6.19. The third-order valence-corrected chi connectivity index (χ3v) is 5.08. The van der Waals surface area contributed by atoms with Gasteiger partial charge < -0.3 is 34.1 Å². The Morgan fingerprint density at radius 2 is 1.58 bits per heavy atom. The molecule has 0 aromatic heterocycles. The molecular formula is C13H23B2O10P. The molecule has 4 radical (unpaired) electrons. The summed E-state index contributed by atoms with van der Waals surface area (Å²) >= 11 is 0. The lowest BCUT2D eigenvalue weighted by Gasteiger charge is -2.25. The van der Waals surface area contributed by atoms with Gasteiger partial charge in [-0.05, 0) is 6.92 Å².